The van der Waals surface area contributed by atoms with Gasteiger partial charge in [-0.15, -0.1) is 0 Å². The van der Waals surface area contributed by atoms with Crippen LogP contribution in [0.1, 0.15) is 0 Å². The van der Waals surface area contributed by atoms with E-state index >= 15 is 0 Å². The summed E-state index contributed by atoms with van der Waals surface area (Å²) >= 11 is 1.76. The zero-order chi connectivity index (χ0) is 9.35. The first-order valence-electron chi connectivity index (χ1n) is 2.87. The van der Waals surface area contributed by atoms with Gasteiger partial charge in [0, 0.05) is 0 Å². The molecule has 1 rings (SSSR count). The van der Waals surface area contributed by atoms with Gasteiger partial charge in [0.25, 0.3) is 10.1 Å². The summed E-state index contributed by atoms with van der Waals surface area (Å²) in [6.07, 6.45) is 0. The summed E-state index contributed by atoms with van der Waals surface area (Å²) in [6.45, 7) is 0. The van der Waals surface area contributed by atoms with Crippen LogP contribution in [0.5, 0.6) is 5.75 Å². The monoisotopic (exact) mass is 323 g/mol. The van der Waals surface area contributed by atoms with Crippen LogP contribution in [-0.2, 0) is 10.1 Å². The largest absolute Gasteiger partial charge is 1.00 e. The third-order valence-electron chi connectivity index (χ3n) is 1.22. The van der Waals surface area contributed by atoms with Gasteiger partial charge in [0.2, 0.25) is 0 Å². The van der Waals surface area contributed by atoms with E-state index in [2.05, 4.69) is 0 Å². The topological polar surface area (TPSA) is 74.6 Å². The van der Waals surface area contributed by atoms with Gasteiger partial charge in [-0.25, -0.2) is 0 Å². The minimum Gasteiger partial charge on any atom is -0.507 e. The Morgan fingerprint density at radius 1 is 1.31 bits per heavy atom. The number of hydrogen-bond acceptors (Lipinski definition) is 3. The zero-order valence-corrected chi connectivity index (χ0v) is 11.7. The minimum absolute atomic E-state index is 0. The Morgan fingerprint density at radius 3 is 2.23 bits per heavy atom. The number of hydrogen-bond donors (Lipinski definition) is 2. The smallest absolute Gasteiger partial charge is 0.507 e. The van der Waals surface area contributed by atoms with Crippen LogP contribution in [0.3, 0.4) is 0 Å². The normalized spacial score (nSPS) is 10.6. The Morgan fingerprint density at radius 2 is 1.85 bits per heavy atom. The van der Waals surface area contributed by atoms with E-state index < -0.39 is 10.1 Å². The van der Waals surface area contributed by atoms with Crippen LogP contribution >= 0.6 is 22.6 Å². The van der Waals surface area contributed by atoms with Crippen molar-refractivity contribution in [3.63, 3.8) is 0 Å². The molecular weight excluding hydrogens is 318 g/mol. The van der Waals surface area contributed by atoms with Gasteiger partial charge in [-0.2, -0.15) is 8.42 Å². The van der Waals surface area contributed by atoms with Crippen molar-refractivity contribution in [1.82, 2.24) is 0 Å². The molecule has 0 saturated carbocycles. The fraction of sp³-hybridized carbons (Fsp3) is 0. The maximum atomic E-state index is 10.6. The summed E-state index contributed by atoms with van der Waals surface area (Å²) in [5.74, 6) is -0.0111. The van der Waals surface area contributed by atoms with Crippen LogP contribution in [0.15, 0.2) is 23.1 Å². The third-order valence-corrected chi connectivity index (χ3v) is 2.93. The van der Waals surface area contributed by atoms with Gasteiger partial charge in [-0.3, -0.25) is 4.55 Å². The number of phenols is 1. The zero-order valence-electron chi connectivity index (χ0n) is 6.73. The van der Waals surface area contributed by atoms with Gasteiger partial charge in [0.1, 0.15) is 5.75 Å². The maximum absolute atomic E-state index is 10.6. The first kappa shape index (κ1) is 13.7. The molecule has 7 heteroatoms. The molecule has 2 N–H and O–H groups in total. The fourth-order valence-electron chi connectivity index (χ4n) is 0.648. The van der Waals surface area contributed by atoms with E-state index in [0.717, 1.165) is 6.07 Å². The molecule has 1 aromatic carbocycles. The Hall–Kier alpha value is 0.660. The van der Waals surface area contributed by atoms with Gasteiger partial charge >= 0.3 is 29.6 Å². The van der Waals surface area contributed by atoms with Crippen molar-refractivity contribution in [2.45, 2.75) is 4.90 Å². The summed E-state index contributed by atoms with van der Waals surface area (Å²) in [4.78, 5) is -0.218. The van der Waals surface area contributed by atoms with Crippen LogP contribution in [0.25, 0.3) is 0 Å². The van der Waals surface area contributed by atoms with Gasteiger partial charge in [0.05, 0.1) is 8.47 Å². The molecule has 0 amide bonds. The summed E-state index contributed by atoms with van der Waals surface area (Å²) in [5.41, 5.74) is 0. The van der Waals surface area contributed by atoms with E-state index in [1.54, 1.807) is 22.6 Å². The van der Waals surface area contributed by atoms with E-state index in [1.165, 1.54) is 12.1 Å². The Kier molecular flexibility index (Phi) is 5.19. The number of phenolic OH excluding ortho intramolecular Hbond substituents is 1. The van der Waals surface area contributed by atoms with Crippen LogP contribution in [0, 0.1) is 3.57 Å². The second kappa shape index (κ2) is 4.94. The summed E-state index contributed by atoms with van der Waals surface area (Å²) in [5, 5.41) is 9.03. The SMILES string of the molecule is O=S(=O)(O)c1ccc(O)c(I)c1.[Na+]. The number of halogens is 1. The average Bonchev–Trinajstić information content (AvgIpc) is 1.92. The van der Waals surface area contributed by atoms with Crippen LogP contribution < -0.4 is 29.6 Å². The average molecular weight is 323 g/mol. The van der Waals surface area contributed by atoms with Crippen LogP contribution in [0.2, 0.25) is 0 Å². The van der Waals surface area contributed by atoms with Gasteiger partial charge in [-0.1, -0.05) is 0 Å². The second-order valence-electron chi connectivity index (χ2n) is 2.09. The molecule has 0 radical (unpaired) electrons. The van der Waals surface area contributed by atoms with Gasteiger partial charge in [0.15, 0.2) is 0 Å². The molecule has 0 fully saturated rings. The standard InChI is InChI=1S/C6H5IO4S.Na/c7-5-3-4(12(9,10)11)1-2-6(5)8;/h1-3,8H,(H,9,10,11);/q;+1. The Bertz CT molecular complexity index is 403. The van der Waals surface area contributed by atoms with Crippen LogP contribution in [0.4, 0.5) is 0 Å². The molecule has 4 nitrogen and oxygen atoms in total. The fourth-order valence-corrected chi connectivity index (χ4v) is 1.88. The van der Waals surface area contributed by atoms with E-state index in [4.69, 9.17) is 9.66 Å². The summed E-state index contributed by atoms with van der Waals surface area (Å²) < 4.78 is 30.1. The second-order valence-corrected chi connectivity index (χ2v) is 4.67. The number of benzene rings is 1. The van der Waals surface area contributed by atoms with Gasteiger partial charge in [-0.05, 0) is 40.8 Å². The molecular formula is C6H5INaO4S+. The quantitative estimate of drug-likeness (QED) is 0.365. The van der Waals surface area contributed by atoms with Crippen LogP contribution in [-0.4, -0.2) is 18.1 Å². The van der Waals surface area contributed by atoms with Crippen molar-refractivity contribution in [2.24, 2.45) is 0 Å². The molecule has 0 aliphatic heterocycles. The predicted molar refractivity (Wildman–Crippen MR) is 50.6 cm³/mol. The molecule has 0 heterocycles. The van der Waals surface area contributed by atoms with E-state index in [1.807, 2.05) is 0 Å². The van der Waals surface area contributed by atoms with Crippen molar-refractivity contribution in [3.05, 3.63) is 21.8 Å². The van der Waals surface area contributed by atoms with Crippen molar-refractivity contribution >= 4 is 32.7 Å². The van der Waals surface area contributed by atoms with Gasteiger partial charge < -0.3 is 5.11 Å². The van der Waals surface area contributed by atoms with Crippen molar-refractivity contribution < 1.29 is 47.6 Å². The first-order chi connectivity index (χ1) is 5.41. The number of rotatable bonds is 1. The number of aromatic hydroxyl groups is 1. The molecule has 0 aliphatic carbocycles. The maximum Gasteiger partial charge on any atom is 1.00 e. The summed E-state index contributed by atoms with van der Waals surface area (Å²) in [7, 11) is -4.16. The molecule has 0 aromatic heterocycles. The molecule has 0 atom stereocenters. The molecule has 0 aliphatic rings. The van der Waals surface area contributed by atoms with Crippen molar-refractivity contribution in [2.75, 3.05) is 0 Å². The minimum atomic E-state index is -4.16. The Balaban J connectivity index is 0.00000144. The molecule has 0 saturated heterocycles. The molecule has 1 aromatic rings. The summed E-state index contributed by atoms with van der Waals surface area (Å²) in [6, 6.07) is 3.53. The molecule has 0 spiro atoms. The van der Waals surface area contributed by atoms with E-state index in [0.29, 0.717) is 3.57 Å². The molecule has 13 heavy (non-hydrogen) atoms. The Labute approximate surface area is 112 Å². The van der Waals surface area contributed by atoms with Crippen molar-refractivity contribution in [1.29, 1.82) is 0 Å². The van der Waals surface area contributed by atoms with E-state index in [-0.39, 0.29) is 40.2 Å². The van der Waals surface area contributed by atoms with Crippen molar-refractivity contribution in [3.8, 4) is 5.75 Å². The molecule has 66 valence electrons. The molecule has 0 unspecified atom stereocenters. The van der Waals surface area contributed by atoms with E-state index in [9.17, 15) is 8.42 Å². The first-order valence-corrected chi connectivity index (χ1v) is 5.39. The molecule has 0 bridgehead atoms. The predicted octanol–water partition coefficient (Wildman–Crippen LogP) is -1.75. The third kappa shape index (κ3) is 3.72.